The first-order chi connectivity index (χ1) is 11.1. The molecule has 2 bridgehead atoms. The van der Waals surface area contributed by atoms with Gasteiger partial charge in [0.05, 0.1) is 7.11 Å². The number of methoxy groups -OCH3 is 1. The molecule has 2 fully saturated rings. The molecule has 1 aliphatic heterocycles. The van der Waals surface area contributed by atoms with Crippen LogP contribution in [-0.4, -0.2) is 31.1 Å². The molecule has 0 radical (unpaired) electrons. The first-order valence-electron chi connectivity index (χ1n) is 9.19. The lowest BCUT2D eigenvalue weighted by Gasteiger charge is -2.54. The van der Waals surface area contributed by atoms with Gasteiger partial charge in [0.1, 0.15) is 5.75 Å². The van der Waals surface area contributed by atoms with E-state index in [2.05, 4.69) is 43.0 Å². The summed E-state index contributed by atoms with van der Waals surface area (Å²) in [6, 6.07) is 7.58. The molecule has 1 aromatic rings. The molecule has 0 amide bonds. The number of likely N-dealkylation sites (tertiary alicyclic amines) is 1. The normalized spacial score (nSPS) is 32.1. The maximum absolute atomic E-state index is 5.53. The summed E-state index contributed by atoms with van der Waals surface area (Å²) < 4.78 is 5.53. The van der Waals surface area contributed by atoms with E-state index in [0.717, 1.165) is 24.3 Å². The molecule has 0 N–H and O–H groups in total. The number of hydrogen-bond acceptors (Lipinski definition) is 2. The number of ether oxygens (including phenoxy) is 1. The highest BCUT2D eigenvalue weighted by atomic mass is 16.5. The Bertz CT molecular complexity index is 631. The van der Waals surface area contributed by atoms with Crippen LogP contribution in [0.1, 0.15) is 50.7 Å². The van der Waals surface area contributed by atoms with Crippen LogP contribution in [0, 0.1) is 5.92 Å². The second kappa shape index (κ2) is 5.66. The SMILES string of the molecule is COc1ccc2c(c1)[C@@]13CCC[C@H]1[C@@H](C2)N(CC=C(C)C)CC3. The molecule has 2 aliphatic carbocycles. The van der Waals surface area contributed by atoms with Crippen molar-refractivity contribution in [2.75, 3.05) is 20.2 Å². The minimum Gasteiger partial charge on any atom is -0.497 e. The average molecular weight is 311 g/mol. The number of fused-ring (bicyclic) bond motifs is 1. The predicted octanol–water partition coefficient (Wildman–Crippen LogP) is 4.33. The zero-order valence-corrected chi connectivity index (χ0v) is 14.8. The highest BCUT2D eigenvalue weighted by Crippen LogP contribution is 2.57. The van der Waals surface area contributed by atoms with E-state index in [0.29, 0.717) is 5.41 Å². The van der Waals surface area contributed by atoms with Crippen molar-refractivity contribution in [2.45, 2.75) is 57.4 Å². The highest BCUT2D eigenvalue weighted by Gasteiger charge is 2.55. The molecule has 0 spiro atoms. The maximum Gasteiger partial charge on any atom is 0.119 e. The maximum atomic E-state index is 5.53. The monoisotopic (exact) mass is 311 g/mol. The van der Waals surface area contributed by atoms with Gasteiger partial charge in [-0.3, -0.25) is 4.90 Å². The molecule has 2 nitrogen and oxygen atoms in total. The molecule has 1 aromatic carbocycles. The summed E-state index contributed by atoms with van der Waals surface area (Å²) in [5, 5.41) is 0. The summed E-state index contributed by atoms with van der Waals surface area (Å²) in [4.78, 5) is 2.76. The zero-order chi connectivity index (χ0) is 16.0. The minimum absolute atomic E-state index is 0.439. The van der Waals surface area contributed by atoms with Crippen molar-refractivity contribution in [3.63, 3.8) is 0 Å². The van der Waals surface area contributed by atoms with E-state index in [4.69, 9.17) is 4.74 Å². The summed E-state index contributed by atoms with van der Waals surface area (Å²) >= 11 is 0. The fourth-order valence-electron chi connectivity index (χ4n) is 5.55. The molecule has 1 heterocycles. The molecule has 2 heteroatoms. The minimum atomic E-state index is 0.439. The molecule has 4 rings (SSSR count). The van der Waals surface area contributed by atoms with Gasteiger partial charge >= 0.3 is 0 Å². The molecular formula is C21H29NO. The van der Waals surface area contributed by atoms with Crippen molar-refractivity contribution >= 4 is 0 Å². The molecule has 3 atom stereocenters. The van der Waals surface area contributed by atoms with E-state index in [9.17, 15) is 0 Å². The molecule has 0 aromatic heterocycles. The van der Waals surface area contributed by atoms with E-state index in [1.165, 1.54) is 44.2 Å². The Morgan fingerprint density at radius 2 is 2.22 bits per heavy atom. The largest absolute Gasteiger partial charge is 0.497 e. The van der Waals surface area contributed by atoms with Gasteiger partial charge in [0, 0.05) is 18.0 Å². The average Bonchev–Trinajstić information content (AvgIpc) is 3.00. The summed E-state index contributed by atoms with van der Waals surface area (Å²) in [6.45, 7) is 6.81. The Hall–Kier alpha value is -1.28. The van der Waals surface area contributed by atoms with Crippen LogP contribution in [0.15, 0.2) is 29.8 Å². The van der Waals surface area contributed by atoms with Gasteiger partial charge in [-0.2, -0.15) is 0 Å². The summed E-state index contributed by atoms with van der Waals surface area (Å²) in [7, 11) is 1.79. The molecular weight excluding hydrogens is 282 g/mol. The lowest BCUT2D eigenvalue weighted by atomic mass is 9.59. The van der Waals surface area contributed by atoms with Gasteiger partial charge in [0.15, 0.2) is 0 Å². The second-order valence-electron chi connectivity index (χ2n) is 7.98. The molecule has 1 saturated heterocycles. The number of benzene rings is 1. The predicted molar refractivity (Wildman–Crippen MR) is 95.1 cm³/mol. The van der Waals surface area contributed by atoms with Crippen molar-refractivity contribution in [3.8, 4) is 5.75 Å². The number of allylic oxidation sites excluding steroid dienone is 1. The standard InChI is InChI=1S/C21H29NO/c1-15(2)8-11-22-12-10-21-9-4-5-18(21)20(22)13-16-6-7-17(23-3)14-19(16)21/h6-8,14,18,20H,4-5,9-13H2,1-3H3/t18-,20+,21+/m0/s1. The Morgan fingerprint density at radius 3 is 3.00 bits per heavy atom. The topological polar surface area (TPSA) is 12.5 Å². The van der Waals surface area contributed by atoms with Crippen molar-refractivity contribution in [3.05, 3.63) is 41.0 Å². The van der Waals surface area contributed by atoms with Crippen LogP contribution in [0.2, 0.25) is 0 Å². The number of piperidine rings is 1. The Balaban J connectivity index is 1.73. The second-order valence-corrected chi connectivity index (χ2v) is 7.98. The van der Waals surface area contributed by atoms with Gasteiger partial charge < -0.3 is 4.74 Å². The van der Waals surface area contributed by atoms with Gasteiger partial charge in [-0.1, -0.05) is 24.1 Å². The third-order valence-corrected chi connectivity index (χ3v) is 6.64. The van der Waals surface area contributed by atoms with Crippen LogP contribution >= 0.6 is 0 Å². The first-order valence-corrected chi connectivity index (χ1v) is 9.19. The first kappa shape index (κ1) is 15.3. The van der Waals surface area contributed by atoms with Gasteiger partial charge in [-0.05, 0) is 75.3 Å². The summed E-state index contributed by atoms with van der Waals surface area (Å²) in [5.74, 6) is 1.88. The quantitative estimate of drug-likeness (QED) is 0.770. The van der Waals surface area contributed by atoms with Crippen LogP contribution in [0.25, 0.3) is 0 Å². The van der Waals surface area contributed by atoms with Gasteiger partial charge in [0.25, 0.3) is 0 Å². The molecule has 23 heavy (non-hydrogen) atoms. The Kier molecular flexibility index (Phi) is 3.76. The van der Waals surface area contributed by atoms with E-state index in [1.807, 2.05) is 0 Å². The number of rotatable bonds is 3. The lowest BCUT2D eigenvalue weighted by molar-refractivity contribution is 0.0396. The van der Waals surface area contributed by atoms with Gasteiger partial charge in [-0.25, -0.2) is 0 Å². The van der Waals surface area contributed by atoms with Crippen LogP contribution < -0.4 is 4.74 Å². The van der Waals surface area contributed by atoms with Crippen molar-refractivity contribution < 1.29 is 4.74 Å². The van der Waals surface area contributed by atoms with Crippen molar-refractivity contribution in [1.29, 1.82) is 0 Å². The van der Waals surface area contributed by atoms with Crippen LogP contribution in [0.4, 0.5) is 0 Å². The van der Waals surface area contributed by atoms with Crippen LogP contribution in [-0.2, 0) is 11.8 Å². The van der Waals surface area contributed by atoms with Crippen LogP contribution in [0.3, 0.4) is 0 Å². The third kappa shape index (κ3) is 2.34. The van der Waals surface area contributed by atoms with Gasteiger partial charge in [-0.15, -0.1) is 0 Å². The molecule has 1 saturated carbocycles. The summed E-state index contributed by atoms with van der Waals surface area (Å²) in [6.07, 6.45) is 9.14. The fraction of sp³-hybridized carbons (Fsp3) is 0.619. The van der Waals surface area contributed by atoms with E-state index in [1.54, 1.807) is 18.2 Å². The fourth-order valence-corrected chi connectivity index (χ4v) is 5.55. The van der Waals surface area contributed by atoms with Gasteiger partial charge in [0.2, 0.25) is 0 Å². The third-order valence-electron chi connectivity index (χ3n) is 6.64. The molecule has 0 unspecified atom stereocenters. The van der Waals surface area contributed by atoms with E-state index >= 15 is 0 Å². The van der Waals surface area contributed by atoms with Crippen molar-refractivity contribution in [1.82, 2.24) is 4.90 Å². The number of hydrogen-bond donors (Lipinski definition) is 0. The smallest absolute Gasteiger partial charge is 0.119 e. The Labute approximate surface area is 140 Å². The van der Waals surface area contributed by atoms with E-state index < -0.39 is 0 Å². The Morgan fingerprint density at radius 1 is 1.35 bits per heavy atom. The highest BCUT2D eigenvalue weighted by molar-refractivity contribution is 5.46. The lowest BCUT2D eigenvalue weighted by Crippen LogP contribution is -2.57. The molecule has 3 aliphatic rings. The van der Waals surface area contributed by atoms with E-state index in [-0.39, 0.29) is 0 Å². The van der Waals surface area contributed by atoms with Crippen LogP contribution in [0.5, 0.6) is 5.75 Å². The molecule has 124 valence electrons. The van der Waals surface area contributed by atoms with Crippen molar-refractivity contribution in [2.24, 2.45) is 5.92 Å². The zero-order valence-electron chi connectivity index (χ0n) is 14.8. The number of nitrogens with zero attached hydrogens (tertiary/aromatic N) is 1. The summed E-state index contributed by atoms with van der Waals surface area (Å²) in [5.41, 5.74) is 5.08.